The van der Waals surface area contributed by atoms with Gasteiger partial charge in [0.1, 0.15) is 32.7 Å². The molecule has 0 radical (unpaired) electrons. The first-order valence-electron chi connectivity index (χ1n) is 29.0. The summed E-state index contributed by atoms with van der Waals surface area (Å²) in [6.45, 7) is 20.4. The summed E-state index contributed by atoms with van der Waals surface area (Å²) in [5, 5.41) is 54.7. The number of hydrogen-bond acceptors (Lipinski definition) is 15. The lowest BCUT2D eigenvalue weighted by Crippen LogP contribution is -2.56. The molecule has 0 aliphatic heterocycles. The maximum atomic E-state index is 14.5. The summed E-state index contributed by atoms with van der Waals surface area (Å²) in [4.78, 5) is 149. The number of nitrogens with zero attached hydrogens (tertiary/aromatic N) is 9. The number of carboxylic acid groups (broad SMARTS) is 1. The van der Waals surface area contributed by atoms with E-state index in [0.717, 1.165) is 26.0 Å². The summed E-state index contributed by atoms with van der Waals surface area (Å²) >= 11 is 0. The van der Waals surface area contributed by atoms with Crippen LogP contribution in [0.15, 0.2) is 0 Å². The lowest BCUT2D eigenvalue weighted by Gasteiger charge is -2.36. The van der Waals surface area contributed by atoms with Gasteiger partial charge in [0.05, 0.1) is 57.1 Å². The van der Waals surface area contributed by atoms with Gasteiger partial charge >= 0.3 is 5.97 Å². The van der Waals surface area contributed by atoms with Gasteiger partial charge in [-0.05, 0) is 108 Å². The van der Waals surface area contributed by atoms with Gasteiger partial charge in [-0.2, -0.15) is 0 Å². The van der Waals surface area contributed by atoms with E-state index in [9.17, 15) is 73.5 Å². The number of aliphatic hydroxyl groups excluding tert-OH is 4. The molecule has 0 aromatic carbocycles. The van der Waals surface area contributed by atoms with Crippen molar-refractivity contribution in [1.29, 1.82) is 0 Å². The summed E-state index contributed by atoms with van der Waals surface area (Å²) < 4.78 is 0. The number of hydrogen-bond donors (Lipinski definition) is 6. The Morgan fingerprint density at radius 1 is 0.317 bits per heavy atom. The van der Waals surface area contributed by atoms with Crippen LogP contribution in [0.5, 0.6) is 0 Å². The highest BCUT2D eigenvalue weighted by Crippen LogP contribution is 2.15. The highest BCUT2D eigenvalue weighted by molar-refractivity contribution is 5.94. The van der Waals surface area contributed by atoms with Crippen molar-refractivity contribution in [2.24, 2.45) is 0 Å². The van der Waals surface area contributed by atoms with Crippen molar-refractivity contribution in [3.63, 3.8) is 0 Å². The average Bonchev–Trinajstić information content (AvgIpc) is 3.39. The molecule has 10 unspecified atom stereocenters. The molecular formula is C57H108N10O15. The average molecular weight is 1170 g/mol. The Labute approximate surface area is 489 Å². The Kier molecular flexibility index (Phi) is 38.2. The molecule has 0 bridgehead atoms. The monoisotopic (exact) mass is 1170 g/mol. The second kappa shape index (κ2) is 39.9. The molecule has 0 fully saturated rings. The van der Waals surface area contributed by atoms with E-state index in [0.29, 0.717) is 32.1 Å². The molecule has 25 heteroatoms. The second-order valence-electron chi connectivity index (χ2n) is 22.0. The highest BCUT2D eigenvalue weighted by Gasteiger charge is 2.35. The van der Waals surface area contributed by atoms with E-state index in [1.807, 2.05) is 20.8 Å². The first-order valence-corrected chi connectivity index (χ1v) is 29.0. The number of rotatable bonds is 40. The van der Waals surface area contributed by atoms with Gasteiger partial charge in [-0.15, -0.1) is 0 Å². The Hall–Kier alpha value is -5.50. The fourth-order valence-corrected chi connectivity index (χ4v) is 8.50. The predicted octanol–water partition coefficient (Wildman–Crippen LogP) is 1.07. The van der Waals surface area contributed by atoms with Crippen molar-refractivity contribution in [3.8, 4) is 0 Å². The van der Waals surface area contributed by atoms with Crippen LogP contribution in [0.2, 0.25) is 0 Å². The van der Waals surface area contributed by atoms with E-state index in [4.69, 9.17) is 0 Å². The molecule has 0 heterocycles. The van der Waals surface area contributed by atoms with E-state index in [-0.39, 0.29) is 64.7 Å². The van der Waals surface area contributed by atoms with Crippen LogP contribution in [-0.4, -0.2) is 281 Å². The minimum atomic E-state index is -1.23. The summed E-state index contributed by atoms with van der Waals surface area (Å²) in [6, 6.07) is -2.50. The van der Waals surface area contributed by atoms with E-state index in [2.05, 4.69) is 5.32 Å². The molecule has 0 saturated heterocycles. The highest BCUT2D eigenvalue weighted by atomic mass is 16.4. The van der Waals surface area contributed by atoms with Crippen molar-refractivity contribution in [1.82, 2.24) is 49.4 Å². The summed E-state index contributed by atoms with van der Waals surface area (Å²) in [5.74, 6) is -7.19. The molecule has 6 N–H and O–H groups in total. The summed E-state index contributed by atoms with van der Waals surface area (Å²) in [7, 11) is 0. The maximum absolute atomic E-state index is 14.5. The van der Waals surface area contributed by atoms with Crippen LogP contribution < -0.4 is 5.32 Å². The van der Waals surface area contributed by atoms with Gasteiger partial charge in [0, 0.05) is 62.4 Å². The Bertz CT molecular complexity index is 2010. The Balaban J connectivity index is 0. The largest absolute Gasteiger partial charge is 0.480 e. The van der Waals surface area contributed by atoms with Gasteiger partial charge in [-0.25, -0.2) is 0 Å². The van der Waals surface area contributed by atoms with Crippen LogP contribution in [-0.2, 0) is 47.9 Å². The molecule has 0 aliphatic rings. The van der Waals surface area contributed by atoms with Crippen molar-refractivity contribution in [2.45, 2.75) is 217 Å². The molecule has 0 spiro atoms. The molecule has 82 heavy (non-hydrogen) atoms. The van der Waals surface area contributed by atoms with Crippen LogP contribution in [0.1, 0.15) is 157 Å². The van der Waals surface area contributed by atoms with Gasteiger partial charge in [0.2, 0.25) is 53.2 Å². The van der Waals surface area contributed by atoms with Crippen molar-refractivity contribution in [2.75, 3.05) is 91.6 Å². The zero-order valence-electron chi connectivity index (χ0n) is 51.8. The van der Waals surface area contributed by atoms with Gasteiger partial charge in [-0.1, -0.05) is 49.0 Å². The third kappa shape index (κ3) is 28.2. The second-order valence-corrected chi connectivity index (χ2v) is 22.0. The van der Waals surface area contributed by atoms with Crippen LogP contribution in [0.25, 0.3) is 0 Å². The molecule has 0 rings (SSSR count). The van der Waals surface area contributed by atoms with Gasteiger partial charge in [0.15, 0.2) is 0 Å². The van der Waals surface area contributed by atoms with E-state index < -0.39 is 154 Å². The molecular weight excluding hydrogens is 1060 g/mol. The van der Waals surface area contributed by atoms with E-state index >= 15 is 0 Å². The molecule has 0 saturated carbocycles. The standard InChI is InChI=1S/C56H104N10O15.CH4/c1-17-37(7)57-23-47(71)62(38(8)18-2)32-50(74)58(24-43(13)67)28-48(72)60(26-45(15)69)30-52(76)64(40(10)20-4)34-54(78)63(39(9)19-3)33-51(75)59(25-44(14)68)29-49(73)61(27-46(16)70)31-53(77)65(41(11)21-5)35-55(79)66(36-56(80)81)42(12)22-6;/h37-46,57,67-70H,17-36H2,1-16H3,(H,80,81);1H4. The smallest absolute Gasteiger partial charge is 0.323 e. The van der Waals surface area contributed by atoms with Crippen molar-refractivity contribution < 1.29 is 73.5 Å². The normalized spacial score (nSPS) is 14.8. The number of carbonyl (C=O) groups is 10. The van der Waals surface area contributed by atoms with Crippen LogP contribution in [0, 0.1) is 0 Å². The number of amides is 9. The molecule has 25 nitrogen and oxygen atoms in total. The maximum Gasteiger partial charge on any atom is 0.323 e. The number of carboxylic acids is 1. The molecule has 0 aromatic heterocycles. The Morgan fingerprint density at radius 3 is 0.756 bits per heavy atom. The number of aliphatic hydroxyl groups is 4. The van der Waals surface area contributed by atoms with E-state index in [1.165, 1.54) is 52.2 Å². The predicted molar refractivity (Wildman–Crippen MR) is 312 cm³/mol. The van der Waals surface area contributed by atoms with Gasteiger partial charge < -0.3 is 74.9 Å². The molecule has 10 atom stereocenters. The fraction of sp³-hybridized carbons (Fsp3) is 0.825. The minimum absolute atomic E-state index is 0. The summed E-state index contributed by atoms with van der Waals surface area (Å²) in [5.41, 5.74) is 0. The SMILES string of the molecule is C.CCC(C)NCC(=O)N(CC(=O)N(CC(=O)N(CC(=O)N(CC(=O)N(CC(=O)N(CC(=O)N(CC(=O)N(CC(=O)N(CC(=O)O)C(C)CC)C(C)CC)CC(C)O)CC(C)O)C(C)CC)C(C)CC)CC(C)O)CC(C)O)C(C)CC. The first kappa shape index (κ1) is 78.6. The van der Waals surface area contributed by atoms with Crippen LogP contribution in [0.4, 0.5) is 0 Å². The minimum Gasteiger partial charge on any atom is -0.480 e. The summed E-state index contributed by atoms with van der Waals surface area (Å²) in [6.07, 6.45) is -1.73. The third-order valence-corrected chi connectivity index (χ3v) is 14.6. The first-order chi connectivity index (χ1) is 37.7. The van der Waals surface area contributed by atoms with E-state index in [1.54, 1.807) is 62.3 Å². The number of nitrogens with one attached hydrogen (secondary N) is 1. The molecule has 0 aliphatic carbocycles. The topological polar surface area (TPSA) is 313 Å². The molecule has 0 aromatic rings. The van der Waals surface area contributed by atoms with Crippen molar-refractivity contribution >= 4 is 59.1 Å². The quantitative estimate of drug-likeness (QED) is 0.0500. The number of aliphatic carboxylic acids is 1. The van der Waals surface area contributed by atoms with Gasteiger partial charge in [-0.3, -0.25) is 47.9 Å². The Morgan fingerprint density at radius 2 is 0.524 bits per heavy atom. The van der Waals surface area contributed by atoms with Crippen molar-refractivity contribution in [3.05, 3.63) is 0 Å². The third-order valence-electron chi connectivity index (χ3n) is 14.6. The molecule has 9 amide bonds. The lowest BCUT2D eigenvalue weighted by molar-refractivity contribution is -0.152. The van der Waals surface area contributed by atoms with Crippen LogP contribution in [0.3, 0.4) is 0 Å². The van der Waals surface area contributed by atoms with Crippen LogP contribution >= 0.6 is 0 Å². The zero-order valence-corrected chi connectivity index (χ0v) is 51.8. The molecule has 476 valence electrons. The zero-order chi connectivity index (χ0) is 62.6. The van der Waals surface area contributed by atoms with Gasteiger partial charge in [0.25, 0.3) is 0 Å². The lowest BCUT2D eigenvalue weighted by atomic mass is 10.1. The fourth-order valence-electron chi connectivity index (χ4n) is 8.50. The number of carbonyl (C=O) groups excluding carboxylic acids is 9.